The molecule has 3 aromatic heterocycles. The molecule has 0 aliphatic heterocycles. The lowest BCUT2D eigenvalue weighted by Gasteiger charge is -2.08. The van der Waals surface area contributed by atoms with Gasteiger partial charge in [0, 0.05) is 29.6 Å². The molecule has 1 aliphatic carbocycles. The van der Waals surface area contributed by atoms with E-state index in [1.807, 2.05) is 48.1 Å². The number of pyridine rings is 1. The van der Waals surface area contributed by atoms with Gasteiger partial charge in [0.1, 0.15) is 17.8 Å². The molecule has 0 radical (unpaired) electrons. The lowest BCUT2D eigenvalue weighted by Crippen LogP contribution is -2.25. The molecule has 0 saturated heterocycles. The molecule has 3 heterocycles. The van der Waals surface area contributed by atoms with Gasteiger partial charge in [-0.1, -0.05) is 26.0 Å². The number of imidazole rings is 2. The molecule has 0 atom stereocenters. The first kappa shape index (κ1) is 18.6. The minimum absolute atomic E-state index is 0.0128. The van der Waals surface area contributed by atoms with Crippen molar-refractivity contribution >= 4 is 11.6 Å². The Hall–Kier alpha value is -3.41. The van der Waals surface area contributed by atoms with Crippen molar-refractivity contribution in [2.24, 2.45) is 0 Å². The van der Waals surface area contributed by atoms with Crippen molar-refractivity contribution in [3.05, 3.63) is 71.9 Å². The predicted octanol–water partition coefficient (Wildman–Crippen LogP) is 4.51. The predicted molar refractivity (Wildman–Crippen MR) is 117 cm³/mol. The second-order valence-electron chi connectivity index (χ2n) is 8.41. The molecular formula is C24H25N5O. The maximum absolute atomic E-state index is 12.5. The summed E-state index contributed by atoms with van der Waals surface area (Å²) >= 11 is 0. The number of nitrogens with zero attached hydrogens (tertiary/aromatic N) is 4. The monoisotopic (exact) mass is 399 g/mol. The van der Waals surface area contributed by atoms with Crippen molar-refractivity contribution in [2.45, 2.75) is 45.6 Å². The molecule has 1 saturated carbocycles. The number of carbonyl (C=O) groups excluding carboxylic acids is 1. The molecule has 0 spiro atoms. The van der Waals surface area contributed by atoms with Gasteiger partial charge in [-0.25, -0.2) is 9.97 Å². The molecular weight excluding hydrogens is 374 g/mol. The molecule has 152 valence electrons. The molecule has 5 rings (SSSR count). The van der Waals surface area contributed by atoms with Crippen molar-refractivity contribution in [3.63, 3.8) is 0 Å². The highest BCUT2D eigenvalue weighted by Crippen LogP contribution is 2.26. The summed E-state index contributed by atoms with van der Waals surface area (Å²) in [6.07, 6.45) is 9.94. The summed E-state index contributed by atoms with van der Waals surface area (Å²) in [5.41, 5.74) is 5.72. The van der Waals surface area contributed by atoms with Crippen LogP contribution in [-0.4, -0.2) is 30.9 Å². The Morgan fingerprint density at radius 3 is 2.73 bits per heavy atom. The Balaban J connectivity index is 1.51. The van der Waals surface area contributed by atoms with Gasteiger partial charge in [-0.15, -0.1) is 0 Å². The number of rotatable bonds is 5. The van der Waals surface area contributed by atoms with E-state index in [-0.39, 0.29) is 5.91 Å². The van der Waals surface area contributed by atoms with E-state index in [1.54, 1.807) is 6.33 Å². The number of hydrogen-bond acceptors (Lipinski definition) is 3. The third-order valence-corrected chi connectivity index (χ3v) is 5.71. The smallest absolute Gasteiger partial charge is 0.251 e. The van der Waals surface area contributed by atoms with E-state index in [9.17, 15) is 4.79 Å². The van der Waals surface area contributed by atoms with Crippen LogP contribution in [0.25, 0.3) is 22.7 Å². The lowest BCUT2D eigenvalue weighted by molar-refractivity contribution is 0.0951. The van der Waals surface area contributed by atoms with Crippen molar-refractivity contribution in [3.8, 4) is 17.1 Å². The van der Waals surface area contributed by atoms with Gasteiger partial charge < -0.3 is 5.32 Å². The zero-order chi connectivity index (χ0) is 20.8. The van der Waals surface area contributed by atoms with Crippen LogP contribution >= 0.6 is 0 Å². The van der Waals surface area contributed by atoms with Gasteiger partial charge in [-0.05, 0) is 55.0 Å². The summed E-state index contributed by atoms with van der Waals surface area (Å²) in [5.74, 6) is 1.36. The quantitative estimate of drug-likeness (QED) is 0.537. The van der Waals surface area contributed by atoms with E-state index in [0.717, 1.165) is 41.1 Å². The standard InChI is InChI=1S/C24H25N5O/c1-15(2)18-6-9-22-25-11-23(29(22)12-18)28-13-21(26-14-28)20-10-17(5-4-16(20)3)24(30)27-19-7-8-19/h4-6,9-15,19H,7-8H2,1-3H3,(H,27,30). The van der Waals surface area contributed by atoms with Gasteiger partial charge in [0.2, 0.25) is 0 Å². The number of fused-ring (bicyclic) bond motifs is 1. The number of carbonyl (C=O) groups is 1. The number of amides is 1. The first-order valence-electron chi connectivity index (χ1n) is 10.4. The Bertz CT molecular complexity index is 1250. The summed E-state index contributed by atoms with van der Waals surface area (Å²) < 4.78 is 4.07. The molecule has 1 aromatic carbocycles. The van der Waals surface area contributed by atoms with Crippen molar-refractivity contribution in [1.29, 1.82) is 0 Å². The van der Waals surface area contributed by atoms with Gasteiger partial charge >= 0.3 is 0 Å². The van der Waals surface area contributed by atoms with Crippen molar-refractivity contribution in [1.82, 2.24) is 24.3 Å². The molecule has 30 heavy (non-hydrogen) atoms. The highest BCUT2D eigenvalue weighted by atomic mass is 16.1. The van der Waals surface area contributed by atoms with Crippen LogP contribution < -0.4 is 5.32 Å². The van der Waals surface area contributed by atoms with Gasteiger partial charge in [0.05, 0.1) is 11.9 Å². The number of aryl methyl sites for hydroxylation is 1. The molecule has 1 N–H and O–H groups in total. The maximum Gasteiger partial charge on any atom is 0.251 e. The Morgan fingerprint density at radius 2 is 1.97 bits per heavy atom. The fraction of sp³-hybridized carbons (Fsp3) is 0.292. The second-order valence-corrected chi connectivity index (χ2v) is 8.41. The second kappa shape index (κ2) is 7.13. The first-order chi connectivity index (χ1) is 14.5. The average molecular weight is 399 g/mol. The summed E-state index contributed by atoms with van der Waals surface area (Å²) in [4.78, 5) is 21.6. The molecule has 0 bridgehead atoms. The average Bonchev–Trinajstić information content (AvgIpc) is 3.25. The minimum atomic E-state index is -0.0128. The largest absolute Gasteiger partial charge is 0.349 e. The molecule has 1 fully saturated rings. The molecule has 6 nitrogen and oxygen atoms in total. The summed E-state index contributed by atoms with van der Waals surface area (Å²) in [7, 11) is 0. The van der Waals surface area contributed by atoms with E-state index in [4.69, 9.17) is 0 Å². The van der Waals surface area contributed by atoms with E-state index < -0.39 is 0 Å². The third-order valence-electron chi connectivity index (χ3n) is 5.71. The summed E-state index contributed by atoms with van der Waals surface area (Å²) in [6.45, 7) is 6.41. The Labute approximate surface area is 175 Å². The van der Waals surface area contributed by atoms with Crippen LogP contribution in [0.2, 0.25) is 0 Å². The minimum Gasteiger partial charge on any atom is -0.349 e. The van der Waals surface area contributed by atoms with Crippen LogP contribution in [0, 0.1) is 6.92 Å². The maximum atomic E-state index is 12.5. The zero-order valence-electron chi connectivity index (χ0n) is 17.5. The zero-order valence-corrected chi connectivity index (χ0v) is 17.5. The van der Waals surface area contributed by atoms with Crippen LogP contribution in [0.4, 0.5) is 0 Å². The number of benzene rings is 1. The fourth-order valence-electron chi connectivity index (χ4n) is 3.64. The fourth-order valence-corrected chi connectivity index (χ4v) is 3.64. The van der Waals surface area contributed by atoms with Crippen LogP contribution in [0.3, 0.4) is 0 Å². The van der Waals surface area contributed by atoms with Crippen LogP contribution in [0.5, 0.6) is 0 Å². The Kier molecular flexibility index (Phi) is 4.42. The highest BCUT2D eigenvalue weighted by molar-refractivity contribution is 5.96. The van der Waals surface area contributed by atoms with E-state index in [0.29, 0.717) is 17.5 Å². The SMILES string of the molecule is Cc1ccc(C(=O)NC2CC2)cc1-c1cn(-c2cnc3ccc(C(C)C)cn23)cn1. The van der Waals surface area contributed by atoms with E-state index in [1.165, 1.54) is 5.56 Å². The highest BCUT2D eigenvalue weighted by Gasteiger charge is 2.24. The lowest BCUT2D eigenvalue weighted by atomic mass is 10.0. The van der Waals surface area contributed by atoms with E-state index >= 15 is 0 Å². The van der Waals surface area contributed by atoms with Crippen molar-refractivity contribution < 1.29 is 4.79 Å². The van der Waals surface area contributed by atoms with Crippen LogP contribution in [0.1, 0.15) is 54.1 Å². The normalized spacial score (nSPS) is 13.9. The van der Waals surface area contributed by atoms with Gasteiger partial charge in [0.15, 0.2) is 0 Å². The number of nitrogens with one attached hydrogen (secondary N) is 1. The number of hydrogen-bond donors (Lipinski definition) is 1. The van der Waals surface area contributed by atoms with Gasteiger partial charge in [-0.2, -0.15) is 0 Å². The van der Waals surface area contributed by atoms with E-state index in [2.05, 4.69) is 45.8 Å². The molecule has 1 aliphatic rings. The third kappa shape index (κ3) is 3.38. The van der Waals surface area contributed by atoms with Crippen LogP contribution in [-0.2, 0) is 0 Å². The molecule has 1 amide bonds. The summed E-state index contributed by atoms with van der Waals surface area (Å²) in [5, 5.41) is 3.05. The number of aromatic nitrogens is 4. The summed E-state index contributed by atoms with van der Waals surface area (Å²) in [6, 6.07) is 10.3. The molecule has 4 aromatic rings. The molecule has 0 unspecified atom stereocenters. The van der Waals surface area contributed by atoms with Gasteiger partial charge in [0.25, 0.3) is 5.91 Å². The topological polar surface area (TPSA) is 64.2 Å². The van der Waals surface area contributed by atoms with Gasteiger partial charge in [-0.3, -0.25) is 13.8 Å². The van der Waals surface area contributed by atoms with Crippen LogP contribution in [0.15, 0.2) is 55.2 Å². The molecule has 6 heteroatoms. The first-order valence-corrected chi connectivity index (χ1v) is 10.4. The Morgan fingerprint density at radius 1 is 1.13 bits per heavy atom. The van der Waals surface area contributed by atoms with Crippen molar-refractivity contribution in [2.75, 3.05) is 0 Å².